The van der Waals surface area contributed by atoms with E-state index in [0.717, 1.165) is 11.6 Å². The zero-order chi connectivity index (χ0) is 17.0. The van der Waals surface area contributed by atoms with E-state index in [1.807, 2.05) is 37.3 Å². The average molecular weight is 334 g/mol. The van der Waals surface area contributed by atoms with Crippen LogP contribution in [0.5, 0.6) is 0 Å². The molecule has 0 saturated heterocycles. The van der Waals surface area contributed by atoms with E-state index < -0.39 is 16.0 Å². The van der Waals surface area contributed by atoms with Crippen molar-refractivity contribution in [2.75, 3.05) is 12.4 Å². The first-order chi connectivity index (χ1) is 10.8. The van der Waals surface area contributed by atoms with E-state index in [4.69, 9.17) is 0 Å². The van der Waals surface area contributed by atoms with Crippen molar-refractivity contribution in [2.24, 2.45) is 0 Å². The number of carboxylic acids is 1. The van der Waals surface area contributed by atoms with Crippen molar-refractivity contribution in [1.29, 1.82) is 0 Å². The molecule has 0 spiro atoms. The Hall–Kier alpha value is -2.38. The smallest absolute Gasteiger partial charge is 0.337 e. The number of nitrogens with one attached hydrogen (secondary N) is 2. The summed E-state index contributed by atoms with van der Waals surface area (Å²) in [5, 5.41) is 12.5. The monoisotopic (exact) mass is 334 g/mol. The van der Waals surface area contributed by atoms with Crippen LogP contribution in [-0.4, -0.2) is 26.5 Å². The van der Waals surface area contributed by atoms with E-state index in [1.54, 1.807) is 0 Å². The largest absolute Gasteiger partial charge is 0.478 e. The summed E-state index contributed by atoms with van der Waals surface area (Å²) in [4.78, 5) is 11.4. The lowest BCUT2D eigenvalue weighted by atomic mass is 10.1. The molecular formula is C16H18N2O4S. The van der Waals surface area contributed by atoms with Gasteiger partial charge >= 0.3 is 5.97 Å². The molecule has 0 bridgehead atoms. The van der Waals surface area contributed by atoms with Gasteiger partial charge in [0.25, 0.3) is 0 Å². The third-order valence-electron chi connectivity index (χ3n) is 3.47. The van der Waals surface area contributed by atoms with Crippen molar-refractivity contribution in [3.63, 3.8) is 0 Å². The maximum atomic E-state index is 11.8. The lowest BCUT2D eigenvalue weighted by Crippen LogP contribution is -2.19. The normalized spacial score (nSPS) is 12.6. The van der Waals surface area contributed by atoms with Gasteiger partial charge < -0.3 is 10.4 Å². The van der Waals surface area contributed by atoms with E-state index in [0.29, 0.717) is 5.69 Å². The number of carboxylic acid groups (broad SMARTS) is 1. The lowest BCUT2D eigenvalue weighted by molar-refractivity contribution is 0.0697. The van der Waals surface area contributed by atoms with Crippen LogP contribution in [0, 0.1) is 0 Å². The molecule has 0 radical (unpaired) electrons. The van der Waals surface area contributed by atoms with Gasteiger partial charge in [-0.2, -0.15) is 0 Å². The highest BCUT2D eigenvalue weighted by molar-refractivity contribution is 7.89. The molecule has 0 heterocycles. The highest BCUT2D eigenvalue weighted by Gasteiger charge is 2.18. The van der Waals surface area contributed by atoms with Gasteiger partial charge in [-0.3, -0.25) is 0 Å². The summed E-state index contributed by atoms with van der Waals surface area (Å²) in [5.41, 5.74) is 1.27. The lowest BCUT2D eigenvalue weighted by Gasteiger charge is -2.18. The van der Waals surface area contributed by atoms with Gasteiger partial charge in [-0.25, -0.2) is 17.9 Å². The van der Waals surface area contributed by atoms with Gasteiger partial charge in [0.2, 0.25) is 10.0 Å². The third kappa shape index (κ3) is 3.88. The summed E-state index contributed by atoms with van der Waals surface area (Å²) in [5.74, 6) is -1.19. The second-order valence-electron chi connectivity index (χ2n) is 5.00. The standard InChI is InChI=1S/C16H18N2O4S/c1-11(12-6-4-3-5-7-12)18-15-9-8-13(23(21,22)17-2)10-14(15)16(19)20/h3-11,17-18H,1-2H3,(H,19,20). The predicted octanol–water partition coefficient (Wildman–Crippen LogP) is 2.47. The first-order valence-corrected chi connectivity index (χ1v) is 8.46. The summed E-state index contributed by atoms with van der Waals surface area (Å²) in [6.07, 6.45) is 0. The molecule has 2 aromatic rings. The van der Waals surface area contributed by atoms with E-state index >= 15 is 0 Å². The van der Waals surface area contributed by atoms with Crippen LogP contribution in [0.3, 0.4) is 0 Å². The molecule has 2 aromatic carbocycles. The molecule has 1 atom stereocenters. The van der Waals surface area contributed by atoms with Crippen LogP contribution >= 0.6 is 0 Å². The van der Waals surface area contributed by atoms with E-state index in [2.05, 4.69) is 10.0 Å². The highest BCUT2D eigenvalue weighted by atomic mass is 32.2. The Kier molecular flexibility index (Phi) is 5.02. The maximum absolute atomic E-state index is 11.8. The SMILES string of the molecule is CNS(=O)(=O)c1ccc(NC(C)c2ccccc2)c(C(=O)O)c1. The number of aromatic carboxylic acids is 1. The molecule has 1 unspecified atom stereocenters. The summed E-state index contributed by atoms with van der Waals surface area (Å²) in [6.45, 7) is 1.90. The molecular weight excluding hydrogens is 316 g/mol. The third-order valence-corrected chi connectivity index (χ3v) is 4.88. The zero-order valence-electron chi connectivity index (χ0n) is 12.8. The fourth-order valence-corrected chi connectivity index (χ4v) is 2.93. The topological polar surface area (TPSA) is 95.5 Å². The molecule has 0 aliphatic heterocycles. The van der Waals surface area contributed by atoms with Crippen molar-refractivity contribution in [2.45, 2.75) is 17.9 Å². The number of carbonyl (C=O) groups is 1. The molecule has 122 valence electrons. The van der Waals surface area contributed by atoms with Gasteiger partial charge in [0.15, 0.2) is 0 Å². The molecule has 0 amide bonds. The van der Waals surface area contributed by atoms with Gasteiger partial charge in [0.1, 0.15) is 0 Å². The van der Waals surface area contributed by atoms with Crippen molar-refractivity contribution in [3.05, 3.63) is 59.7 Å². The first kappa shape index (κ1) is 17.0. The summed E-state index contributed by atoms with van der Waals surface area (Å²) >= 11 is 0. The van der Waals surface area contributed by atoms with E-state index in [1.165, 1.54) is 19.2 Å². The van der Waals surface area contributed by atoms with Crippen LogP contribution < -0.4 is 10.0 Å². The van der Waals surface area contributed by atoms with E-state index in [-0.39, 0.29) is 16.5 Å². The Bertz CT molecular complexity index is 804. The Balaban J connectivity index is 2.37. The van der Waals surface area contributed by atoms with Crippen molar-refractivity contribution in [1.82, 2.24) is 4.72 Å². The minimum atomic E-state index is -3.69. The molecule has 0 saturated carbocycles. The fourth-order valence-electron chi connectivity index (χ4n) is 2.17. The molecule has 0 aliphatic rings. The molecule has 6 nitrogen and oxygen atoms in total. The van der Waals surface area contributed by atoms with Crippen LogP contribution in [0.25, 0.3) is 0 Å². The van der Waals surface area contributed by atoms with Gasteiger partial charge in [-0.15, -0.1) is 0 Å². The highest BCUT2D eigenvalue weighted by Crippen LogP contribution is 2.25. The van der Waals surface area contributed by atoms with Crippen molar-refractivity contribution >= 4 is 21.7 Å². The van der Waals surface area contributed by atoms with Gasteiger partial charge in [-0.05, 0) is 37.7 Å². The summed E-state index contributed by atoms with van der Waals surface area (Å²) in [6, 6.07) is 13.4. The summed E-state index contributed by atoms with van der Waals surface area (Å²) < 4.78 is 25.8. The van der Waals surface area contributed by atoms with Crippen LogP contribution in [0.2, 0.25) is 0 Å². The Morgan fingerprint density at radius 2 is 1.78 bits per heavy atom. The maximum Gasteiger partial charge on any atom is 0.337 e. The summed E-state index contributed by atoms with van der Waals surface area (Å²) in [7, 11) is -2.42. The molecule has 3 N–H and O–H groups in total. The van der Waals surface area contributed by atoms with E-state index in [9.17, 15) is 18.3 Å². The van der Waals surface area contributed by atoms with Gasteiger partial charge in [0.05, 0.1) is 10.5 Å². The van der Waals surface area contributed by atoms with Crippen LogP contribution in [0.4, 0.5) is 5.69 Å². The van der Waals surface area contributed by atoms with Crippen molar-refractivity contribution < 1.29 is 18.3 Å². The number of benzene rings is 2. The molecule has 0 aromatic heterocycles. The zero-order valence-corrected chi connectivity index (χ0v) is 13.6. The van der Waals surface area contributed by atoms with Crippen molar-refractivity contribution in [3.8, 4) is 0 Å². The quantitative estimate of drug-likeness (QED) is 0.754. The molecule has 0 aliphatic carbocycles. The predicted molar refractivity (Wildman–Crippen MR) is 88.1 cm³/mol. The minimum Gasteiger partial charge on any atom is -0.478 e. The number of anilines is 1. The van der Waals surface area contributed by atoms with Gasteiger partial charge in [0, 0.05) is 11.7 Å². The number of sulfonamides is 1. The number of hydrogen-bond acceptors (Lipinski definition) is 4. The molecule has 2 rings (SSSR count). The first-order valence-electron chi connectivity index (χ1n) is 6.97. The molecule has 7 heteroatoms. The minimum absolute atomic E-state index is 0.0877. The number of hydrogen-bond donors (Lipinski definition) is 3. The Labute approximate surface area is 135 Å². The Morgan fingerprint density at radius 1 is 1.13 bits per heavy atom. The second-order valence-corrected chi connectivity index (χ2v) is 6.88. The molecule has 23 heavy (non-hydrogen) atoms. The van der Waals surface area contributed by atoms with Gasteiger partial charge in [-0.1, -0.05) is 30.3 Å². The van der Waals surface area contributed by atoms with Crippen LogP contribution in [0.1, 0.15) is 28.9 Å². The Morgan fingerprint density at radius 3 is 2.35 bits per heavy atom. The fraction of sp³-hybridized carbons (Fsp3) is 0.188. The second kappa shape index (κ2) is 6.80. The number of rotatable bonds is 6. The average Bonchev–Trinajstić information content (AvgIpc) is 2.55. The van der Waals surface area contributed by atoms with Crippen LogP contribution in [0.15, 0.2) is 53.4 Å². The molecule has 0 fully saturated rings. The van der Waals surface area contributed by atoms with Crippen LogP contribution in [-0.2, 0) is 10.0 Å².